The number of fused-ring (bicyclic) bond motifs is 1. The molecule has 1 saturated heterocycles. The second-order valence-corrected chi connectivity index (χ2v) is 9.70. The second kappa shape index (κ2) is 10.7. The SMILES string of the molecule is CNC(=O)COc1cc2cc(Nc3nc(N4CCC(C)CC4)ncc3Cl)cc(F)c2n(C(C)C)c1=O. The minimum Gasteiger partial charge on any atom is -0.478 e. The Bertz CT molecular complexity index is 1340. The smallest absolute Gasteiger partial charge is 0.293 e. The second-order valence-electron chi connectivity index (χ2n) is 9.30. The lowest BCUT2D eigenvalue weighted by molar-refractivity contribution is -0.122. The number of piperidine rings is 1. The molecule has 0 spiro atoms. The van der Waals surface area contributed by atoms with Crippen LogP contribution in [-0.4, -0.2) is 47.2 Å². The van der Waals surface area contributed by atoms with Crippen LogP contribution in [0, 0.1) is 11.7 Å². The molecule has 4 rings (SSSR count). The standard InChI is InChI=1S/C25H30ClFN6O3/c1-14(2)33-22-16(10-20(24(33)35)36-13-21(34)28-4)9-17(11-19(22)27)30-23-18(26)12-29-25(31-23)32-7-5-15(3)6-8-32/h9-12,14-15H,5-8,13H2,1-4H3,(H,28,34)(H,29,30,31). The fourth-order valence-corrected chi connectivity index (χ4v) is 4.37. The lowest BCUT2D eigenvalue weighted by Crippen LogP contribution is -2.34. The van der Waals surface area contributed by atoms with Crippen molar-refractivity contribution in [1.29, 1.82) is 0 Å². The van der Waals surface area contributed by atoms with E-state index in [2.05, 4.69) is 32.4 Å². The molecular weight excluding hydrogens is 487 g/mol. The van der Waals surface area contributed by atoms with E-state index in [-0.39, 0.29) is 29.8 Å². The number of likely N-dealkylation sites (N-methyl/N-ethyl adjacent to an activating group) is 1. The maximum Gasteiger partial charge on any atom is 0.293 e. The number of nitrogens with zero attached hydrogens (tertiary/aromatic N) is 4. The van der Waals surface area contributed by atoms with Gasteiger partial charge < -0.3 is 20.3 Å². The van der Waals surface area contributed by atoms with Gasteiger partial charge in [-0.1, -0.05) is 18.5 Å². The zero-order chi connectivity index (χ0) is 26.0. The summed E-state index contributed by atoms with van der Waals surface area (Å²) in [5, 5.41) is 6.25. The number of rotatable bonds is 7. The average molecular weight is 517 g/mol. The summed E-state index contributed by atoms with van der Waals surface area (Å²) < 4.78 is 22.2. The molecule has 0 aliphatic carbocycles. The summed E-state index contributed by atoms with van der Waals surface area (Å²) in [6, 6.07) is 4.08. The van der Waals surface area contributed by atoms with Crippen molar-refractivity contribution >= 4 is 45.9 Å². The van der Waals surface area contributed by atoms with Crippen LogP contribution >= 0.6 is 11.6 Å². The van der Waals surface area contributed by atoms with Gasteiger partial charge in [0.2, 0.25) is 5.95 Å². The van der Waals surface area contributed by atoms with Crippen molar-refractivity contribution in [3.8, 4) is 5.75 Å². The topological polar surface area (TPSA) is 101 Å². The van der Waals surface area contributed by atoms with Crippen LogP contribution in [0.25, 0.3) is 10.9 Å². The number of aromatic nitrogens is 3. The first kappa shape index (κ1) is 25.7. The molecule has 2 aromatic heterocycles. The Morgan fingerprint density at radius 2 is 2.00 bits per heavy atom. The Balaban J connectivity index is 1.71. The highest BCUT2D eigenvalue weighted by Crippen LogP contribution is 2.31. The van der Waals surface area contributed by atoms with Gasteiger partial charge in [0.25, 0.3) is 11.5 Å². The van der Waals surface area contributed by atoms with Gasteiger partial charge in [0.05, 0.1) is 11.7 Å². The zero-order valence-corrected chi connectivity index (χ0v) is 21.5. The summed E-state index contributed by atoms with van der Waals surface area (Å²) in [7, 11) is 1.47. The fourth-order valence-electron chi connectivity index (χ4n) is 4.23. The molecule has 3 heterocycles. The van der Waals surface area contributed by atoms with E-state index in [0.29, 0.717) is 33.8 Å². The summed E-state index contributed by atoms with van der Waals surface area (Å²) in [5.41, 5.74) is 0.0233. The Morgan fingerprint density at radius 3 is 2.67 bits per heavy atom. The van der Waals surface area contributed by atoms with Gasteiger partial charge in [0.1, 0.15) is 10.8 Å². The molecule has 1 aliphatic rings. The Kier molecular flexibility index (Phi) is 7.63. The highest BCUT2D eigenvalue weighted by atomic mass is 35.5. The number of ether oxygens (including phenoxy) is 1. The third kappa shape index (κ3) is 5.38. The molecule has 0 bridgehead atoms. The van der Waals surface area contributed by atoms with E-state index in [0.717, 1.165) is 25.9 Å². The number of hydrogen-bond acceptors (Lipinski definition) is 7. The molecule has 3 aromatic rings. The van der Waals surface area contributed by atoms with Crippen molar-refractivity contribution in [2.24, 2.45) is 5.92 Å². The van der Waals surface area contributed by atoms with Crippen molar-refractivity contribution in [1.82, 2.24) is 19.9 Å². The first-order valence-electron chi connectivity index (χ1n) is 11.9. The Labute approximate surface area is 213 Å². The monoisotopic (exact) mass is 516 g/mol. The Morgan fingerprint density at radius 1 is 1.28 bits per heavy atom. The van der Waals surface area contributed by atoms with Gasteiger partial charge >= 0.3 is 0 Å². The number of hydrogen-bond donors (Lipinski definition) is 2. The lowest BCUT2D eigenvalue weighted by Gasteiger charge is -2.30. The largest absolute Gasteiger partial charge is 0.478 e. The molecule has 1 aromatic carbocycles. The summed E-state index contributed by atoms with van der Waals surface area (Å²) in [6.07, 6.45) is 3.65. The van der Waals surface area contributed by atoms with Crippen LogP contribution in [0.2, 0.25) is 5.02 Å². The predicted molar refractivity (Wildman–Crippen MR) is 139 cm³/mol. The van der Waals surface area contributed by atoms with Crippen LogP contribution in [0.15, 0.2) is 29.2 Å². The Hall–Kier alpha value is -3.40. The normalized spacial score (nSPS) is 14.4. The maximum atomic E-state index is 15.4. The van der Waals surface area contributed by atoms with Crippen LogP contribution < -0.4 is 25.8 Å². The number of amides is 1. The fraction of sp³-hybridized carbons (Fsp3) is 0.440. The number of carbonyl (C=O) groups excluding carboxylic acids is 1. The van der Waals surface area contributed by atoms with Crippen molar-refractivity contribution in [3.05, 3.63) is 45.6 Å². The molecule has 192 valence electrons. The number of pyridine rings is 1. The van der Waals surface area contributed by atoms with E-state index in [1.807, 2.05) is 0 Å². The summed E-state index contributed by atoms with van der Waals surface area (Å²) in [6.45, 7) is 7.17. The van der Waals surface area contributed by atoms with Crippen LogP contribution in [-0.2, 0) is 4.79 Å². The first-order valence-corrected chi connectivity index (χ1v) is 12.3. The van der Waals surface area contributed by atoms with Crippen molar-refractivity contribution < 1.29 is 13.9 Å². The van der Waals surface area contributed by atoms with E-state index in [4.69, 9.17) is 16.3 Å². The highest BCUT2D eigenvalue weighted by Gasteiger charge is 2.21. The zero-order valence-electron chi connectivity index (χ0n) is 20.8. The van der Waals surface area contributed by atoms with Crippen LogP contribution in [0.4, 0.5) is 21.8 Å². The molecule has 1 aliphatic heterocycles. The molecular formula is C25H30ClFN6O3. The third-order valence-electron chi connectivity index (χ3n) is 6.26. The van der Waals surface area contributed by atoms with Gasteiger partial charge in [0.15, 0.2) is 18.2 Å². The quantitative estimate of drug-likeness (QED) is 0.483. The van der Waals surface area contributed by atoms with E-state index >= 15 is 4.39 Å². The first-order chi connectivity index (χ1) is 17.2. The van der Waals surface area contributed by atoms with E-state index in [1.54, 1.807) is 19.9 Å². The molecule has 2 N–H and O–H groups in total. The van der Waals surface area contributed by atoms with Crippen LogP contribution in [0.5, 0.6) is 5.75 Å². The highest BCUT2D eigenvalue weighted by molar-refractivity contribution is 6.32. The van der Waals surface area contributed by atoms with Gasteiger partial charge in [-0.05, 0) is 50.8 Å². The molecule has 0 unspecified atom stereocenters. The molecule has 0 atom stereocenters. The van der Waals surface area contributed by atoms with Crippen molar-refractivity contribution in [2.45, 2.75) is 39.7 Å². The minimum absolute atomic E-state index is 0.0435. The van der Waals surface area contributed by atoms with Gasteiger partial charge in [-0.3, -0.25) is 14.2 Å². The number of nitrogens with one attached hydrogen (secondary N) is 2. The maximum absolute atomic E-state index is 15.4. The van der Waals surface area contributed by atoms with E-state index < -0.39 is 11.4 Å². The summed E-state index contributed by atoms with van der Waals surface area (Å²) in [4.78, 5) is 35.7. The summed E-state index contributed by atoms with van der Waals surface area (Å²) >= 11 is 6.36. The van der Waals surface area contributed by atoms with Gasteiger partial charge in [-0.25, -0.2) is 9.37 Å². The molecule has 9 nitrogen and oxygen atoms in total. The predicted octanol–water partition coefficient (Wildman–Crippen LogP) is 4.27. The van der Waals surface area contributed by atoms with Gasteiger partial charge in [0, 0.05) is 37.3 Å². The molecule has 1 fully saturated rings. The minimum atomic E-state index is -0.589. The number of anilines is 3. The number of carbonyl (C=O) groups is 1. The van der Waals surface area contributed by atoms with Crippen LogP contribution in [0.1, 0.15) is 39.7 Å². The van der Waals surface area contributed by atoms with Crippen LogP contribution in [0.3, 0.4) is 0 Å². The van der Waals surface area contributed by atoms with Gasteiger partial charge in [-0.2, -0.15) is 4.98 Å². The van der Waals surface area contributed by atoms with Crippen molar-refractivity contribution in [2.75, 3.05) is 37.0 Å². The molecule has 0 saturated carbocycles. The number of benzene rings is 1. The number of halogens is 2. The van der Waals surface area contributed by atoms with E-state index in [9.17, 15) is 9.59 Å². The van der Waals surface area contributed by atoms with E-state index in [1.165, 1.54) is 29.9 Å². The molecule has 36 heavy (non-hydrogen) atoms. The van der Waals surface area contributed by atoms with Crippen molar-refractivity contribution in [3.63, 3.8) is 0 Å². The molecule has 1 amide bonds. The molecule has 11 heteroatoms. The molecule has 0 radical (unpaired) electrons. The lowest BCUT2D eigenvalue weighted by atomic mass is 10.00. The van der Waals surface area contributed by atoms with Gasteiger partial charge in [-0.15, -0.1) is 0 Å². The third-order valence-corrected chi connectivity index (χ3v) is 6.54. The average Bonchev–Trinajstić information content (AvgIpc) is 2.84. The summed E-state index contributed by atoms with van der Waals surface area (Å²) in [5.74, 6) is 0.567.